The third-order valence-corrected chi connectivity index (χ3v) is 3.77. The van der Waals surface area contributed by atoms with E-state index >= 15 is 0 Å². The van der Waals surface area contributed by atoms with E-state index in [1.54, 1.807) is 0 Å². The minimum absolute atomic E-state index is 0.163. The molecular weight excluding hydrogens is 231 g/mol. The quantitative estimate of drug-likeness (QED) is 0.399. The molecule has 0 amide bonds. The van der Waals surface area contributed by atoms with Gasteiger partial charge in [0, 0.05) is 6.10 Å². The van der Waals surface area contributed by atoms with Gasteiger partial charge in [0.1, 0.15) is 0 Å². The molecule has 0 aromatic heterocycles. The lowest BCUT2D eigenvalue weighted by Crippen LogP contribution is -2.33. The summed E-state index contributed by atoms with van der Waals surface area (Å²) in [6.07, 6.45) is 6.96. The second kappa shape index (κ2) is 8.87. The molecule has 0 fully saturated rings. The molecule has 102 valence electrons. The minimum Gasteiger partial charge on any atom is -0.414 e. The Bertz CT molecular complexity index is 201. The van der Waals surface area contributed by atoms with Gasteiger partial charge in [0.15, 0.2) is 8.32 Å². The molecule has 0 aliphatic heterocycles. The molecule has 0 aliphatic carbocycles. The number of unbranched alkanes of at least 4 members (excludes halogenated alkanes) is 1. The third kappa shape index (κ3) is 9.54. The molecule has 0 aliphatic rings. The lowest BCUT2D eigenvalue weighted by atomic mass is 9.95. The molecule has 0 spiro atoms. The predicted molar refractivity (Wildman–Crippen MR) is 76.6 cm³/mol. The molecule has 0 saturated heterocycles. The van der Waals surface area contributed by atoms with E-state index in [2.05, 4.69) is 33.1 Å². The molecule has 2 unspecified atom stereocenters. The largest absolute Gasteiger partial charge is 0.414 e. The van der Waals surface area contributed by atoms with Crippen LogP contribution in [0.4, 0.5) is 4.39 Å². The van der Waals surface area contributed by atoms with Crippen molar-refractivity contribution in [2.24, 2.45) is 5.92 Å². The van der Waals surface area contributed by atoms with Crippen molar-refractivity contribution in [1.29, 1.82) is 0 Å². The number of halogens is 1. The van der Waals surface area contributed by atoms with Gasteiger partial charge in [-0.15, -0.1) is 6.58 Å². The van der Waals surface area contributed by atoms with E-state index in [0.29, 0.717) is 0 Å². The zero-order valence-electron chi connectivity index (χ0n) is 12.0. The molecule has 0 heterocycles. The highest BCUT2D eigenvalue weighted by Gasteiger charge is 2.23. The van der Waals surface area contributed by atoms with E-state index in [1.165, 1.54) is 0 Å². The Balaban J connectivity index is 4.24. The highest BCUT2D eigenvalue weighted by molar-refractivity contribution is 6.69. The van der Waals surface area contributed by atoms with E-state index in [1.807, 2.05) is 6.08 Å². The summed E-state index contributed by atoms with van der Waals surface area (Å²) >= 11 is 0. The van der Waals surface area contributed by atoms with Crippen molar-refractivity contribution in [3.8, 4) is 0 Å². The first kappa shape index (κ1) is 16.8. The van der Waals surface area contributed by atoms with Crippen molar-refractivity contribution in [2.75, 3.05) is 6.67 Å². The van der Waals surface area contributed by atoms with Crippen LogP contribution in [-0.2, 0) is 4.43 Å². The first-order valence-corrected chi connectivity index (χ1v) is 10.2. The molecular formula is C14H29FOSi. The number of hydrogen-bond donors (Lipinski definition) is 0. The van der Waals surface area contributed by atoms with Crippen LogP contribution in [-0.4, -0.2) is 21.1 Å². The standard InChI is InChI=1S/C14H29FOSi/c1-6-8-10-13(12-15)11-14(9-7-2)16-17(3,4)5/h7,13-14H,2,6,8-12H2,1,3-5H3. The summed E-state index contributed by atoms with van der Waals surface area (Å²) in [7, 11) is -1.54. The van der Waals surface area contributed by atoms with Gasteiger partial charge in [-0.3, -0.25) is 4.39 Å². The van der Waals surface area contributed by atoms with Gasteiger partial charge in [-0.25, -0.2) is 0 Å². The van der Waals surface area contributed by atoms with E-state index in [9.17, 15) is 4.39 Å². The molecule has 1 nitrogen and oxygen atoms in total. The molecule has 0 radical (unpaired) electrons. The van der Waals surface area contributed by atoms with E-state index in [-0.39, 0.29) is 18.7 Å². The maximum absolute atomic E-state index is 12.9. The highest BCUT2D eigenvalue weighted by Crippen LogP contribution is 2.22. The Hall–Kier alpha value is -0.153. The molecule has 0 saturated carbocycles. The van der Waals surface area contributed by atoms with E-state index in [0.717, 1.165) is 32.1 Å². The molecule has 0 rings (SSSR count). The summed E-state index contributed by atoms with van der Waals surface area (Å²) < 4.78 is 19.0. The normalized spacial score (nSPS) is 15.6. The summed E-state index contributed by atoms with van der Waals surface area (Å²) in [5.74, 6) is 0.163. The van der Waals surface area contributed by atoms with Crippen LogP contribution in [0.3, 0.4) is 0 Å². The third-order valence-electron chi connectivity index (χ3n) is 2.73. The van der Waals surface area contributed by atoms with Crippen molar-refractivity contribution >= 4 is 8.32 Å². The SMILES string of the molecule is C=CCC(CC(CF)CCCC)O[Si](C)(C)C. The summed E-state index contributed by atoms with van der Waals surface area (Å²) in [5, 5.41) is 0. The molecule has 3 heteroatoms. The minimum atomic E-state index is -1.54. The zero-order valence-corrected chi connectivity index (χ0v) is 13.0. The van der Waals surface area contributed by atoms with Gasteiger partial charge in [-0.05, 0) is 44.8 Å². The summed E-state index contributed by atoms with van der Waals surface area (Å²) in [4.78, 5) is 0. The summed E-state index contributed by atoms with van der Waals surface area (Å²) in [6, 6.07) is 0. The lowest BCUT2D eigenvalue weighted by Gasteiger charge is -2.28. The fraction of sp³-hybridized carbons (Fsp3) is 0.857. The van der Waals surface area contributed by atoms with Crippen molar-refractivity contribution in [3.05, 3.63) is 12.7 Å². The van der Waals surface area contributed by atoms with E-state index < -0.39 is 8.32 Å². The van der Waals surface area contributed by atoms with Gasteiger partial charge >= 0.3 is 0 Å². The first-order valence-electron chi connectivity index (χ1n) is 6.77. The highest BCUT2D eigenvalue weighted by atomic mass is 28.4. The lowest BCUT2D eigenvalue weighted by molar-refractivity contribution is 0.148. The number of alkyl halides is 1. The van der Waals surface area contributed by atoms with Crippen molar-refractivity contribution in [3.63, 3.8) is 0 Å². The first-order chi connectivity index (χ1) is 7.92. The molecule has 0 bridgehead atoms. The van der Waals surface area contributed by atoms with Gasteiger partial charge in [-0.1, -0.05) is 25.8 Å². The predicted octanol–water partition coefficient (Wildman–Crippen LogP) is 4.95. The van der Waals surface area contributed by atoms with Crippen LogP contribution in [0.25, 0.3) is 0 Å². The Morgan fingerprint density at radius 1 is 1.35 bits per heavy atom. The van der Waals surface area contributed by atoms with Gasteiger partial charge in [0.25, 0.3) is 0 Å². The van der Waals surface area contributed by atoms with Gasteiger partial charge in [0.2, 0.25) is 0 Å². The molecule has 17 heavy (non-hydrogen) atoms. The zero-order chi connectivity index (χ0) is 13.3. The maximum Gasteiger partial charge on any atom is 0.184 e. The van der Waals surface area contributed by atoms with Gasteiger partial charge in [-0.2, -0.15) is 0 Å². The molecule has 0 aromatic rings. The second-order valence-electron chi connectivity index (χ2n) is 5.77. The average Bonchev–Trinajstić information content (AvgIpc) is 2.22. The fourth-order valence-corrected chi connectivity index (χ4v) is 3.19. The second-order valence-corrected chi connectivity index (χ2v) is 10.2. The monoisotopic (exact) mass is 260 g/mol. The van der Waals surface area contributed by atoms with Gasteiger partial charge in [0.05, 0.1) is 6.67 Å². The molecule has 0 aromatic carbocycles. The summed E-state index contributed by atoms with van der Waals surface area (Å²) in [6.45, 7) is 12.2. The van der Waals surface area contributed by atoms with Gasteiger partial charge < -0.3 is 4.43 Å². The average molecular weight is 260 g/mol. The van der Waals surface area contributed by atoms with Crippen LogP contribution in [0.1, 0.15) is 39.0 Å². The topological polar surface area (TPSA) is 9.23 Å². The van der Waals surface area contributed by atoms with Crippen LogP contribution in [0.2, 0.25) is 19.6 Å². The fourth-order valence-electron chi connectivity index (χ4n) is 2.00. The smallest absolute Gasteiger partial charge is 0.184 e. The summed E-state index contributed by atoms with van der Waals surface area (Å²) in [5.41, 5.74) is 0. The van der Waals surface area contributed by atoms with Crippen molar-refractivity contribution in [2.45, 2.75) is 64.8 Å². The van der Waals surface area contributed by atoms with Crippen LogP contribution >= 0.6 is 0 Å². The number of hydrogen-bond acceptors (Lipinski definition) is 1. The molecule has 0 N–H and O–H groups in total. The van der Waals surface area contributed by atoms with Crippen LogP contribution in [0, 0.1) is 5.92 Å². The maximum atomic E-state index is 12.9. The Kier molecular flexibility index (Phi) is 8.79. The van der Waals surface area contributed by atoms with Crippen LogP contribution in [0.5, 0.6) is 0 Å². The Morgan fingerprint density at radius 3 is 2.41 bits per heavy atom. The molecule has 2 atom stereocenters. The van der Waals surface area contributed by atoms with Crippen LogP contribution in [0.15, 0.2) is 12.7 Å². The van der Waals surface area contributed by atoms with E-state index in [4.69, 9.17) is 4.43 Å². The van der Waals surface area contributed by atoms with Crippen LogP contribution < -0.4 is 0 Å². The Labute approximate surface area is 108 Å². The van der Waals surface area contributed by atoms with Crippen molar-refractivity contribution < 1.29 is 8.82 Å². The number of rotatable bonds is 10. The Morgan fingerprint density at radius 2 is 2.00 bits per heavy atom. The van der Waals surface area contributed by atoms with Crippen molar-refractivity contribution in [1.82, 2.24) is 0 Å².